The second-order valence-corrected chi connectivity index (χ2v) is 5.60. The molecule has 1 aromatic carbocycles. The monoisotopic (exact) mass is 320 g/mol. The van der Waals surface area contributed by atoms with Crippen LogP contribution in [0.3, 0.4) is 0 Å². The Kier molecular flexibility index (Phi) is 3.14. The van der Waals surface area contributed by atoms with Gasteiger partial charge in [-0.3, -0.25) is 0 Å². The number of carboxylic acids is 1. The Balaban J connectivity index is 2.19. The van der Waals surface area contributed by atoms with Gasteiger partial charge < -0.3 is 9.67 Å². The first-order chi connectivity index (χ1) is 9.16. The van der Waals surface area contributed by atoms with Gasteiger partial charge in [-0.05, 0) is 43.9 Å². The molecule has 98 valence electrons. The highest BCUT2D eigenvalue weighted by atomic mass is 79.9. The fourth-order valence-corrected chi connectivity index (χ4v) is 2.91. The molecule has 0 atom stereocenters. The summed E-state index contributed by atoms with van der Waals surface area (Å²) in [6.07, 6.45) is 5.98. The lowest BCUT2D eigenvalue weighted by molar-refractivity contribution is 0.0697. The van der Waals surface area contributed by atoms with E-state index in [1.54, 1.807) is 18.5 Å². The van der Waals surface area contributed by atoms with Gasteiger partial charge in [0, 0.05) is 10.2 Å². The molecule has 4 nitrogen and oxygen atoms in total. The van der Waals surface area contributed by atoms with Crippen LogP contribution >= 0.6 is 15.9 Å². The number of imidazole rings is 1. The van der Waals surface area contributed by atoms with Crippen molar-refractivity contribution in [2.75, 3.05) is 0 Å². The second kappa shape index (κ2) is 4.81. The normalized spacial score (nSPS) is 14.2. The van der Waals surface area contributed by atoms with Crippen LogP contribution in [0.4, 0.5) is 0 Å². The third-order valence-corrected chi connectivity index (χ3v) is 3.97. The highest BCUT2D eigenvalue weighted by molar-refractivity contribution is 9.10. The number of rotatable bonds is 2. The molecule has 0 unspecified atom stereocenters. The summed E-state index contributed by atoms with van der Waals surface area (Å²) in [6, 6.07) is 5.20. The summed E-state index contributed by atoms with van der Waals surface area (Å²) in [7, 11) is 0. The van der Waals surface area contributed by atoms with E-state index in [4.69, 9.17) is 0 Å². The summed E-state index contributed by atoms with van der Waals surface area (Å²) in [6.45, 7) is 0. The third-order valence-electron chi connectivity index (χ3n) is 3.48. The lowest BCUT2D eigenvalue weighted by atomic mass is 10.0. The van der Waals surface area contributed by atoms with Gasteiger partial charge in [0.05, 0.1) is 23.3 Å². The zero-order valence-corrected chi connectivity index (χ0v) is 11.9. The van der Waals surface area contributed by atoms with Crippen molar-refractivity contribution in [3.8, 4) is 5.69 Å². The molecule has 0 spiro atoms. The number of benzene rings is 1. The topological polar surface area (TPSA) is 55.1 Å². The van der Waals surface area contributed by atoms with Crippen LogP contribution in [0.25, 0.3) is 5.69 Å². The predicted octanol–water partition coefficient (Wildman–Crippen LogP) is 3.21. The average molecular weight is 321 g/mol. The minimum absolute atomic E-state index is 0.300. The maximum absolute atomic E-state index is 11.3. The largest absolute Gasteiger partial charge is 0.478 e. The van der Waals surface area contributed by atoms with Crippen molar-refractivity contribution < 1.29 is 9.90 Å². The van der Waals surface area contributed by atoms with Gasteiger partial charge in [0.1, 0.15) is 0 Å². The fraction of sp³-hybridized carbons (Fsp3) is 0.286. The van der Waals surface area contributed by atoms with Gasteiger partial charge in [-0.15, -0.1) is 0 Å². The van der Waals surface area contributed by atoms with E-state index < -0.39 is 5.97 Å². The number of aryl methyl sites for hydroxylation is 1. The zero-order valence-electron chi connectivity index (χ0n) is 10.3. The average Bonchev–Trinajstić information content (AvgIpc) is 2.82. The third kappa shape index (κ3) is 2.18. The number of aromatic carboxylic acids is 1. The van der Waals surface area contributed by atoms with E-state index in [-0.39, 0.29) is 0 Å². The Morgan fingerprint density at radius 1 is 1.32 bits per heavy atom. The molecule has 0 radical (unpaired) electrons. The van der Waals surface area contributed by atoms with Crippen LogP contribution in [0, 0.1) is 0 Å². The maximum Gasteiger partial charge on any atom is 0.337 e. The van der Waals surface area contributed by atoms with E-state index in [1.807, 2.05) is 10.6 Å². The van der Waals surface area contributed by atoms with Crippen LogP contribution in [0.5, 0.6) is 0 Å². The number of nitrogens with zero attached hydrogens (tertiary/aromatic N) is 2. The highest BCUT2D eigenvalue weighted by Gasteiger charge is 2.19. The quantitative estimate of drug-likeness (QED) is 0.924. The molecule has 1 N–H and O–H groups in total. The molecular formula is C14H13BrN2O2. The number of hydrogen-bond acceptors (Lipinski definition) is 2. The van der Waals surface area contributed by atoms with Gasteiger partial charge in [0.2, 0.25) is 0 Å². The first-order valence-electron chi connectivity index (χ1n) is 6.25. The molecule has 5 heteroatoms. The van der Waals surface area contributed by atoms with Crippen molar-refractivity contribution in [3.05, 3.63) is 46.0 Å². The Morgan fingerprint density at radius 3 is 2.89 bits per heavy atom. The molecular weight excluding hydrogens is 308 g/mol. The SMILES string of the molecule is O=C(O)c1ccc(Br)cc1-n1cnc2c1CCCC2. The minimum Gasteiger partial charge on any atom is -0.478 e. The molecule has 0 fully saturated rings. The number of halogens is 1. The Hall–Kier alpha value is -1.62. The van der Waals surface area contributed by atoms with Gasteiger partial charge in [-0.25, -0.2) is 9.78 Å². The molecule has 3 rings (SSSR count). The number of fused-ring (bicyclic) bond motifs is 1. The van der Waals surface area contributed by atoms with Crippen molar-refractivity contribution in [2.24, 2.45) is 0 Å². The molecule has 1 aliphatic carbocycles. The van der Waals surface area contributed by atoms with Gasteiger partial charge in [-0.2, -0.15) is 0 Å². The van der Waals surface area contributed by atoms with Crippen LogP contribution in [0.15, 0.2) is 29.0 Å². The second-order valence-electron chi connectivity index (χ2n) is 4.68. The Bertz CT molecular complexity index is 649. The summed E-state index contributed by atoms with van der Waals surface area (Å²) < 4.78 is 2.79. The molecule has 0 saturated heterocycles. The predicted molar refractivity (Wildman–Crippen MR) is 74.9 cm³/mol. The lowest BCUT2D eigenvalue weighted by Crippen LogP contribution is -2.10. The zero-order chi connectivity index (χ0) is 13.4. The number of hydrogen-bond donors (Lipinski definition) is 1. The number of carbonyl (C=O) groups is 1. The van der Waals surface area contributed by atoms with E-state index in [9.17, 15) is 9.90 Å². The van der Waals surface area contributed by atoms with Crippen LogP contribution in [-0.2, 0) is 12.8 Å². The maximum atomic E-state index is 11.3. The summed E-state index contributed by atoms with van der Waals surface area (Å²) >= 11 is 3.40. The van der Waals surface area contributed by atoms with E-state index in [1.165, 1.54) is 0 Å². The molecule has 0 amide bonds. The molecule has 0 bridgehead atoms. The smallest absolute Gasteiger partial charge is 0.337 e. The Labute approximate surface area is 119 Å². The van der Waals surface area contributed by atoms with Crippen LogP contribution < -0.4 is 0 Å². The summed E-state index contributed by atoms with van der Waals surface area (Å²) in [4.78, 5) is 15.8. The van der Waals surface area contributed by atoms with Crippen LogP contribution in [-0.4, -0.2) is 20.6 Å². The van der Waals surface area contributed by atoms with Crippen molar-refractivity contribution in [3.63, 3.8) is 0 Å². The van der Waals surface area contributed by atoms with Crippen molar-refractivity contribution in [1.29, 1.82) is 0 Å². The first kappa shape index (κ1) is 12.4. The highest BCUT2D eigenvalue weighted by Crippen LogP contribution is 2.27. The summed E-state index contributed by atoms with van der Waals surface area (Å²) in [5.74, 6) is -0.916. The lowest BCUT2D eigenvalue weighted by Gasteiger charge is -2.15. The summed E-state index contributed by atoms with van der Waals surface area (Å²) in [5, 5.41) is 9.31. The van der Waals surface area contributed by atoms with Crippen LogP contribution in [0.2, 0.25) is 0 Å². The van der Waals surface area contributed by atoms with E-state index in [0.717, 1.165) is 41.5 Å². The molecule has 1 heterocycles. The van der Waals surface area contributed by atoms with Gasteiger partial charge in [0.25, 0.3) is 0 Å². The summed E-state index contributed by atoms with van der Waals surface area (Å²) in [5.41, 5.74) is 3.22. The number of aromatic nitrogens is 2. The van der Waals surface area contributed by atoms with E-state index in [2.05, 4.69) is 20.9 Å². The molecule has 2 aromatic rings. The minimum atomic E-state index is -0.916. The number of carboxylic acid groups (broad SMARTS) is 1. The van der Waals surface area contributed by atoms with Crippen molar-refractivity contribution in [2.45, 2.75) is 25.7 Å². The molecule has 1 aliphatic rings. The van der Waals surface area contributed by atoms with Crippen molar-refractivity contribution in [1.82, 2.24) is 9.55 Å². The van der Waals surface area contributed by atoms with Gasteiger partial charge >= 0.3 is 5.97 Å². The van der Waals surface area contributed by atoms with Crippen molar-refractivity contribution >= 4 is 21.9 Å². The Morgan fingerprint density at radius 2 is 2.11 bits per heavy atom. The van der Waals surface area contributed by atoms with Gasteiger partial charge in [0.15, 0.2) is 0 Å². The first-order valence-corrected chi connectivity index (χ1v) is 7.04. The van der Waals surface area contributed by atoms with Gasteiger partial charge in [-0.1, -0.05) is 15.9 Å². The standard InChI is InChI=1S/C14H13BrN2O2/c15-9-5-6-10(14(18)19)13(7-9)17-8-16-11-3-1-2-4-12(11)17/h5-8H,1-4H2,(H,18,19). The molecule has 0 aliphatic heterocycles. The molecule has 1 aromatic heterocycles. The fourth-order valence-electron chi connectivity index (χ4n) is 2.56. The molecule has 0 saturated carbocycles. The molecule has 19 heavy (non-hydrogen) atoms. The van der Waals surface area contributed by atoms with E-state index >= 15 is 0 Å². The van der Waals surface area contributed by atoms with Crippen LogP contribution in [0.1, 0.15) is 34.6 Å². The van der Waals surface area contributed by atoms with E-state index in [0.29, 0.717) is 11.3 Å².